The predicted molar refractivity (Wildman–Crippen MR) is 95.1 cm³/mol. The average Bonchev–Trinajstić information content (AvgIpc) is 2.84. The monoisotopic (exact) mass is 463 g/mol. The summed E-state index contributed by atoms with van der Waals surface area (Å²) < 4.78 is 48.1. The minimum Gasteiger partial charge on any atom is -0.497 e. The van der Waals surface area contributed by atoms with Crippen LogP contribution < -0.4 is 9.47 Å². The molecule has 0 saturated carbocycles. The first-order chi connectivity index (χ1) is 11.8. The molecular formula is C17H13F3INO3. The molecule has 25 heavy (non-hydrogen) atoms. The van der Waals surface area contributed by atoms with Crippen LogP contribution in [0.25, 0.3) is 10.8 Å². The van der Waals surface area contributed by atoms with Crippen LogP contribution in [-0.4, -0.2) is 23.1 Å². The highest BCUT2D eigenvalue weighted by atomic mass is 127. The van der Waals surface area contributed by atoms with E-state index in [1.807, 2.05) is 12.1 Å². The molecule has 0 spiro atoms. The van der Waals surface area contributed by atoms with Crippen LogP contribution >= 0.6 is 22.6 Å². The summed E-state index contributed by atoms with van der Waals surface area (Å²) in [5.74, 6) is 0.498. The van der Waals surface area contributed by atoms with Gasteiger partial charge in [-0.05, 0) is 52.4 Å². The molecule has 0 aliphatic heterocycles. The number of halogens is 4. The highest BCUT2D eigenvalue weighted by molar-refractivity contribution is 14.1. The van der Waals surface area contributed by atoms with Gasteiger partial charge in [-0.2, -0.15) is 0 Å². The Morgan fingerprint density at radius 3 is 2.40 bits per heavy atom. The number of methoxy groups -OCH3 is 1. The first kappa shape index (κ1) is 17.7. The van der Waals surface area contributed by atoms with Gasteiger partial charge in [0.2, 0.25) is 0 Å². The molecule has 0 radical (unpaired) electrons. The molecule has 0 amide bonds. The van der Waals surface area contributed by atoms with E-state index in [1.54, 1.807) is 17.9 Å². The normalized spacial score (nSPS) is 11.7. The lowest BCUT2D eigenvalue weighted by Crippen LogP contribution is -2.17. The zero-order valence-electron chi connectivity index (χ0n) is 13.0. The summed E-state index contributed by atoms with van der Waals surface area (Å²) in [5, 5.41) is 12.0. The molecule has 1 N–H and O–H groups in total. The number of rotatable bonds is 4. The van der Waals surface area contributed by atoms with Crippen LogP contribution in [0.15, 0.2) is 42.6 Å². The van der Waals surface area contributed by atoms with E-state index < -0.39 is 6.36 Å². The van der Waals surface area contributed by atoms with Crippen LogP contribution in [0.1, 0.15) is 5.56 Å². The Hall–Kier alpha value is -2.10. The lowest BCUT2D eigenvalue weighted by atomic mass is 10.2. The molecule has 0 unspecified atom stereocenters. The molecule has 0 fully saturated rings. The second-order valence-corrected chi connectivity index (χ2v) is 6.51. The summed E-state index contributed by atoms with van der Waals surface area (Å²) in [7, 11) is 1.57. The van der Waals surface area contributed by atoms with Gasteiger partial charge in [-0.25, -0.2) is 0 Å². The van der Waals surface area contributed by atoms with Crippen molar-refractivity contribution < 1.29 is 27.8 Å². The van der Waals surface area contributed by atoms with Crippen molar-refractivity contribution in [3.05, 3.63) is 51.7 Å². The van der Waals surface area contributed by atoms with Gasteiger partial charge in [0.15, 0.2) is 5.88 Å². The van der Waals surface area contributed by atoms with Gasteiger partial charge < -0.3 is 19.1 Å². The molecule has 2 aromatic carbocycles. The van der Waals surface area contributed by atoms with Crippen molar-refractivity contribution >= 4 is 33.4 Å². The topological polar surface area (TPSA) is 43.6 Å². The number of fused-ring (bicyclic) bond motifs is 1. The number of hydrogen-bond donors (Lipinski definition) is 1. The Labute approximate surface area is 154 Å². The Balaban J connectivity index is 1.88. The maximum atomic E-state index is 12.2. The SMILES string of the molecule is COc1cc(I)c2c(O)n(Cc3ccc(OC(F)(F)F)cc3)cc2c1. The maximum Gasteiger partial charge on any atom is 0.573 e. The summed E-state index contributed by atoms with van der Waals surface area (Å²) in [4.78, 5) is 0. The third-order valence-corrected chi connectivity index (χ3v) is 4.48. The molecule has 132 valence electrons. The number of aromatic nitrogens is 1. The standard InChI is InChI=1S/C17H13F3INO3/c1-24-13-6-11-9-22(16(23)15(11)14(21)7-13)8-10-2-4-12(5-3-10)25-17(18,19)20/h2-7,9,23H,8H2,1H3. The fourth-order valence-electron chi connectivity index (χ4n) is 2.54. The number of benzene rings is 2. The summed E-state index contributed by atoms with van der Waals surface area (Å²) in [5.41, 5.74) is 0.729. The van der Waals surface area contributed by atoms with Crippen LogP contribution in [0.3, 0.4) is 0 Å². The van der Waals surface area contributed by atoms with E-state index in [4.69, 9.17) is 4.74 Å². The largest absolute Gasteiger partial charge is 0.573 e. The number of nitrogens with zero attached hydrogens (tertiary/aromatic N) is 1. The van der Waals surface area contributed by atoms with Gasteiger partial charge in [0, 0.05) is 15.2 Å². The number of alkyl halides is 3. The Kier molecular flexibility index (Phi) is 4.72. The minimum atomic E-state index is -4.71. The van der Waals surface area contributed by atoms with Crippen molar-refractivity contribution in [1.29, 1.82) is 0 Å². The maximum absolute atomic E-state index is 12.2. The lowest BCUT2D eigenvalue weighted by molar-refractivity contribution is -0.274. The van der Waals surface area contributed by atoms with Gasteiger partial charge in [-0.3, -0.25) is 0 Å². The fraction of sp³-hybridized carbons (Fsp3) is 0.176. The molecule has 4 nitrogen and oxygen atoms in total. The van der Waals surface area contributed by atoms with E-state index in [2.05, 4.69) is 27.3 Å². The van der Waals surface area contributed by atoms with Crippen molar-refractivity contribution in [3.8, 4) is 17.4 Å². The molecule has 0 aliphatic carbocycles. The van der Waals surface area contributed by atoms with Crippen molar-refractivity contribution in [2.45, 2.75) is 12.9 Å². The van der Waals surface area contributed by atoms with E-state index in [0.29, 0.717) is 17.7 Å². The molecule has 8 heteroatoms. The summed E-state index contributed by atoms with van der Waals surface area (Å²) in [6.07, 6.45) is -2.94. The van der Waals surface area contributed by atoms with Gasteiger partial charge in [0.05, 0.1) is 19.0 Å². The van der Waals surface area contributed by atoms with Crippen LogP contribution in [0.4, 0.5) is 13.2 Å². The first-order valence-electron chi connectivity index (χ1n) is 7.17. The van der Waals surface area contributed by atoms with E-state index >= 15 is 0 Å². The van der Waals surface area contributed by atoms with E-state index in [-0.39, 0.29) is 11.6 Å². The van der Waals surface area contributed by atoms with Crippen LogP contribution in [0, 0.1) is 3.57 Å². The molecule has 0 bridgehead atoms. The molecule has 3 rings (SSSR count). The second-order valence-electron chi connectivity index (χ2n) is 5.35. The zero-order chi connectivity index (χ0) is 18.2. The van der Waals surface area contributed by atoms with Crippen LogP contribution in [-0.2, 0) is 6.54 Å². The summed E-state index contributed by atoms with van der Waals surface area (Å²) in [6, 6.07) is 9.17. The van der Waals surface area contributed by atoms with Crippen molar-refractivity contribution in [2.75, 3.05) is 7.11 Å². The van der Waals surface area contributed by atoms with Crippen molar-refractivity contribution in [3.63, 3.8) is 0 Å². The van der Waals surface area contributed by atoms with E-state index in [9.17, 15) is 18.3 Å². The number of hydrogen-bond acceptors (Lipinski definition) is 3. The quantitative estimate of drug-likeness (QED) is 0.560. The van der Waals surface area contributed by atoms with E-state index in [1.165, 1.54) is 24.3 Å². The number of aromatic hydroxyl groups is 1. The molecule has 0 saturated heterocycles. The van der Waals surface area contributed by atoms with Crippen molar-refractivity contribution in [2.24, 2.45) is 0 Å². The van der Waals surface area contributed by atoms with Gasteiger partial charge in [-0.1, -0.05) is 12.1 Å². The predicted octanol–water partition coefficient (Wildman–Crippen LogP) is 4.91. The van der Waals surface area contributed by atoms with Gasteiger partial charge >= 0.3 is 6.36 Å². The molecule has 3 aromatic rings. The lowest BCUT2D eigenvalue weighted by Gasteiger charge is -2.10. The Bertz CT molecular complexity index is 904. The third kappa shape index (κ3) is 3.94. The van der Waals surface area contributed by atoms with Gasteiger partial charge in [0.25, 0.3) is 0 Å². The third-order valence-electron chi connectivity index (χ3n) is 3.63. The second kappa shape index (κ2) is 6.66. The average molecular weight is 463 g/mol. The molecular weight excluding hydrogens is 450 g/mol. The molecule has 0 atom stereocenters. The highest BCUT2D eigenvalue weighted by Crippen LogP contribution is 2.35. The Morgan fingerprint density at radius 1 is 1.12 bits per heavy atom. The first-order valence-corrected chi connectivity index (χ1v) is 8.25. The zero-order valence-corrected chi connectivity index (χ0v) is 15.1. The van der Waals surface area contributed by atoms with Gasteiger partial charge in [-0.15, -0.1) is 13.2 Å². The van der Waals surface area contributed by atoms with Crippen molar-refractivity contribution in [1.82, 2.24) is 4.57 Å². The highest BCUT2D eigenvalue weighted by Gasteiger charge is 2.30. The molecule has 1 heterocycles. The van der Waals surface area contributed by atoms with Crippen LogP contribution in [0.5, 0.6) is 17.4 Å². The Morgan fingerprint density at radius 2 is 1.80 bits per heavy atom. The number of ether oxygens (including phenoxy) is 2. The van der Waals surface area contributed by atoms with Crippen LogP contribution in [0.2, 0.25) is 0 Å². The molecule has 1 aromatic heterocycles. The minimum absolute atomic E-state index is 0.0951. The van der Waals surface area contributed by atoms with E-state index in [0.717, 1.165) is 14.5 Å². The summed E-state index contributed by atoms with van der Waals surface area (Å²) >= 11 is 2.12. The fourth-order valence-corrected chi connectivity index (χ4v) is 3.40. The summed E-state index contributed by atoms with van der Waals surface area (Å²) in [6.45, 7) is 0.311. The van der Waals surface area contributed by atoms with Gasteiger partial charge in [0.1, 0.15) is 11.5 Å². The molecule has 0 aliphatic rings. The smallest absolute Gasteiger partial charge is 0.497 e.